The van der Waals surface area contributed by atoms with Crippen molar-refractivity contribution in [2.75, 3.05) is 26.4 Å². The van der Waals surface area contributed by atoms with Crippen molar-refractivity contribution >= 4 is 11.8 Å². The second kappa shape index (κ2) is 16.8. The summed E-state index contributed by atoms with van der Waals surface area (Å²) in [4.78, 5) is 34.2. The van der Waals surface area contributed by atoms with Crippen LogP contribution in [0.25, 0.3) is 0 Å². The van der Waals surface area contributed by atoms with E-state index >= 15 is 4.79 Å². The molecule has 3 heterocycles. The summed E-state index contributed by atoms with van der Waals surface area (Å²) >= 11 is 0. The summed E-state index contributed by atoms with van der Waals surface area (Å²) in [5.74, 6) is 0.475. The van der Waals surface area contributed by atoms with Crippen molar-refractivity contribution in [1.29, 1.82) is 0 Å². The third kappa shape index (κ3) is 8.80. The zero-order valence-electron chi connectivity index (χ0n) is 31.3. The molecule has 4 unspecified atom stereocenters. The first-order valence-corrected chi connectivity index (χ1v) is 19.2. The van der Waals surface area contributed by atoms with Gasteiger partial charge in [0.15, 0.2) is 0 Å². The Kier molecular flexibility index (Phi) is 13.1. The van der Waals surface area contributed by atoms with E-state index in [0.717, 1.165) is 30.4 Å². The molecule has 0 bridgehead atoms. The predicted octanol–water partition coefficient (Wildman–Crippen LogP) is 7.88. The molecule has 1 aliphatic carbocycles. The number of carbonyl (C=O) groups excluding carboxylic acids is 2. The summed E-state index contributed by atoms with van der Waals surface area (Å²) in [6, 6.07) is 8.14. The number of nitrogens with zero attached hydrogens (tertiary/aromatic N) is 2. The van der Waals surface area contributed by atoms with Crippen molar-refractivity contribution in [3.05, 3.63) is 48.0 Å². The Hall–Kier alpha value is -2.26. The van der Waals surface area contributed by atoms with Crippen LogP contribution < -0.4 is 0 Å². The lowest BCUT2D eigenvalue weighted by Gasteiger charge is -2.42. The summed E-state index contributed by atoms with van der Waals surface area (Å²) < 4.78 is 25.6. The van der Waals surface area contributed by atoms with Gasteiger partial charge >= 0.3 is 0 Å². The number of rotatable bonds is 6. The van der Waals surface area contributed by atoms with Crippen LogP contribution in [0, 0.1) is 29.6 Å². The second-order valence-corrected chi connectivity index (χ2v) is 16.3. The minimum atomic E-state index is -0.802. The summed E-state index contributed by atoms with van der Waals surface area (Å²) in [5, 5.41) is 0. The van der Waals surface area contributed by atoms with Gasteiger partial charge in [-0.2, -0.15) is 0 Å². The minimum absolute atomic E-state index is 0.0347. The van der Waals surface area contributed by atoms with Gasteiger partial charge in [0, 0.05) is 24.7 Å². The van der Waals surface area contributed by atoms with Gasteiger partial charge in [0.05, 0.1) is 51.7 Å². The molecule has 1 saturated carbocycles. The first-order valence-electron chi connectivity index (χ1n) is 19.2. The fourth-order valence-electron chi connectivity index (χ4n) is 8.76. The maximum atomic E-state index is 15.2. The number of hydrogen-bond acceptors (Lipinski definition) is 6. The van der Waals surface area contributed by atoms with Crippen molar-refractivity contribution in [1.82, 2.24) is 9.80 Å². The molecule has 4 aliphatic rings. The maximum absolute atomic E-state index is 15.2. The van der Waals surface area contributed by atoms with Gasteiger partial charge in [0.1, 0.15) is 11.4 Å². The van der Waals surface area contributed by atoms with Crippen LogP contribution in [0.4, 0.5) is 0 Å². The first kappa shape index (κ1) is 38.0. The Morgan fingerprint density at radius 1 is 0.796 bits per heavy atom. The van der Waals surface area contributed by atoms with Gasteiger partial charge in [-0.25, -0.2) is 0 Å². The number of ether oxygens (including phenoxy) is 4. The molecular formula is C41H64N2O6. The van der Waals surface area contributed by atoms with E-state index in [4.69, 9.17) is 18.9 Å². The average molecular weight is 681 g/mol. The molecule has 2 saturated heterocycles. The highest BCUT2D eigenvalue weighted by atomic mass is 16.5. The largest absolute Gasteiger partial charge is 0.377 e. The van der Waals surface area contributed by atoms with Gasteiger partial charge < -0.3 is 28.7 Å². The number of amides is 2. The second-order valence-electron chi connectivity index (χ2n) is 16.3. The van der Waals surface area contributed by atoms with Crippen LogP contribution in [-0.4, -0.2) is 71.6 Å². The highest BCUT2D eigenvalue weighted by molar-refractivity contribution is 5.83. The Morgan fingerprint density at radius 3 is 1.76 bits per heavy atom. The summed E-state index contributed by atoms with van der Waals surface area (Å²) in [6.07, 6.45) is 10.8. The Morgan fingerprint density at radius 2 is 1.29 bits per heavy atom. The lowest BCUT2D eigenvalue weighted by atomic mass is 9.78. The summed E-state index contributed by atoms with van der Waals surface area (Å²) in [5.41, 5.74) is 0.585. The van der Waals surface area contributed by atoms with E-state index in [0.29, 0.717) is 71.2 Å². The predicted molar refractivity (Wildman–Crippen MR) is 192 cm³/mol. The molecule has 0 radical (unpaired) electrons. The smallest absolute Gasteiger partial charge is 0.228 e. The van der Waals surface area contributed by atoms with Gasteiger partial charge in [-0.15, -0.1) is 6.58 Å². The van der Waals surface area contributed by atoms with Crippen LogP contribution in [0.3, 0.4) is 0 Å². The van der Waals surface area contributed by atoms with Crippen molar-refractivity contribution in [2.45, 2.75) is 142 Å². The lowest BCUT2D eigenvalue weighted by Crippen LogP contribution is -2.55. The number of benzene rings is 1. The van der Waals surface area contributed by atoms with Crippen molar-refractivity contribution in [3.63, 3.8) is 0 Å². The summed E-state index contributed by atoms with van der Waals surface area (Å²) in [6.45, 7) is 19.7. The SMILES string of the molecule is C=CCC1CC(CC2CCCCC2)C(=O)N2[C@H](C(C)C)COC2(C)CCOCc2ccccc2COCCC2(C)OC[C@H](C(C)C)N2C1=O. The van der Waals surface area contributed by atoms with E-state index in [1.165, 1.54) is 19.3 Å². The molecule has 0 N–H and O–H groups in total. The van der Waals surface area contributed by atoms with E-state index in [2.05, 4.69) is 58.2 Å². The van der Waals surface area contributed by atoms with E-state index in [9.17, 15) is 4.79 Å². The van der Waals surface area contributed by atoms with E-state index < -0.39 is 11.4 Å². The van der Waals surface area contributed by atoms with Crippen molar-refractivity contribution < 1.29 is 28.5 Å². The van der Waals surface area contributed by atoms with Crippen LogP contribution in [0.2, 0.25) is 0 Å². The fourth-order valence-corrected chi connectivity index (χ4v) is 8.76. The van der Waals surface area contributed by atoms with Gasteiger partial charge in [-0.1, -0.05) is 90.1 Å². The molecule has 6 atom stereocenters. The maximum Gasteiger partial charge on any atom is 0.228 e. The molecule has 8 heteroatoms. The molecule has 49 heavy (non-hydrogen) atoms. The van der Waals surface area contributed by atoms with Gasteiger partial charge in [0.25, 0.3) is 0 Å². The highest BCUT2D eigenvalue weighted by Gasteiger charge is 2.52. The quantitative estimate of drug-likeness (QED) is 0.285. The van der Waals surface area contributed by atoms with Crippen molar-refractivity contribution in [2.24, 2.45) is 29.6 Å². The monoisotopic (exact) mass is 680 g/mol. The highest BCUT2D eigenvalue weighted by Crippen LogP contribution is 2.42. The molecular weight excluding hydrogens is 616 g/mol. The van der Waals surface area contributed by atoms with Crippen LogP contribution in [0.1, 0.15) is 117 Å². The molecule has 1 aromatic rings. The standard InChI is InChI=1S/C41H64N2O6/c1-8-14-32-24-35(23-31-15-10-9-11-16-31)39(45)43-37(30(4)5)28-49-41(43,7)20-22-47-26-34-18-13-12-17-33(34)25-46-21-19-40(6)42(38(32)44)36(27-48-40)29(2)3/h8,12-13,17-18,29-32,35-37H,1,9-11,14-16,19-28H2,2-7H3/t32?,35?,36-,37+,40?,41?/m1/s1. The van der Waals surface area contributed by atoms with Crippen LogP contribution >= 0.6 is 0 Å². The molecule has 1 aromatic carbocycles. The zero-order chi connectivity index (χ0) is 35.2. The molecule has 8 nitrogen and oxygen atoms in total. The van der Waals surface area contributed by atoms with E-state index in [1.54, 1.807) is 0 Å². The van der Waals surface area contributed by atoms with E-state index in [1.807, 2.05) is 30.0 Å². The zero-order valence-corrected chi connectivity index (χ0v) is 31.3. The van der Waals surface area contributed by atoms with Gasteiger partial charge in [-0.3, -0.25) is 9.59 Å². The van der Waals surface area contributed by atoms with Crippen LogP contribution in [-0.2, 0) is 41.8 Å². The van der Waals surface area contributed by atoms with Crippen molar-refractivity contribution in [3.8, 4) is 0 Å². The molecule has 0 spiro atoms. The van der Waals surface area contributed by atoms with E-state index in [-0.39, 0.29) is 47.6 Å². The summed E-state index contributed by atoms with van der Waals surface area (Å²) in [7, 11) is 0. The molecule has 0 aromatic heterocycles. The number of fused-ring (bicyclic) bond motifs is 3. The topological polar surface area (TPSA) is 77.5 Å². The number of allylic oxidation sites excluding steroid dienone is 1. The molecule has 2 amide bonds. The molecule has 5 rings (SSSR count). The molecule has 3 aliphatic heterocycles. The number of carbonyl (C=O) groups is 2. The normalized spacial score (nSPS) is 33.1. The van der Waals surface area contributed by atoms with Gasteiger partial charge in [0.2, 0.25) is 11.8 Å². The molecule has 3 fully saturated rings. The number of hydrogen-bond donors (Lipinski definition) is 0. The minimum Gasteiger partial charge on any atom is -0.377 e. The Balaban J connectivity index is 1.53. The lowest BCUT2D eigenvalue weighted by molar-refractivity contribution is -0.161. The average Bonchev–Trinajstić information content (AvgIpc) is 3.62. The third-order valence-corrected chi connectivity index (χ3v) is 11.9. The molecule has 274 valence electrons. The Bertz CT molecular complexity index is 1260. The Labute approximate surface area is 296 Å². The van der Waals surface area contributed by atoms with Gasteiger partial charge in [-0.05, 0) is 62.0 Å². The third-order valence-electron chi connectivity index (χ3n) is 11.9. The van der Waals surface area contributed by atoms with Crippen LogP contribution in [0.15, 0.2) is 36.9 Å². The van der Waals surface area contributed by atoms with Crippen LogP contribution in [0.5, 0.6) is 0 Å². The fraction of sp³-hybridized carbons (Fsp3) is 0.756. The first-order chi connectivity index (χ1) is 23.5.